The van der Waals surface area contributed by atoms with E-state index < -0.39 is 11.9 Å². The number of allylic oxidation sites excluding steroid dienone is 4. The molecular weight excluding hydrogens is 208 g/mol. The molecule has 0 bridgehead atoms. The van der Waals surface area contributed by atoms with E-state index in [2.05, 4.69) is 0 Å². The first-order chi connectivity index (χ1) is 7.63. The molecule has 90 valence electrons. The van der Waals surface area contributed by atoms with Crippen LogP contribution in [-0.2, 0) is 9.59 Å². The van der Waals surface area contributed by atoms with E-state index in [1.807, 2.05) is 24.3 Å². The minimum Gasteiger partial charge on any atom is -0.481 e. The van der Waals surface area contributed by atoms with Crippen molar-refractivity contribution in [2.24, 2.45) is 0 Å². The van der Waals surface area contributed by atoms with E-state index in [4.69, 9.17) is 10.2 Å². The second kappa shape index (κ2) is 9.96. The predicted octanol–water partition coefficient (Wildman–Crippen LogP) is 2.61. The number of carboxylic acids is 2. The normalized spacial score (nSPS) is 11.2. The van der Waals surface area contributed by atoms with E-state index in [0.717, 1.165) is 12.8 Å². The van der Waals surface area contributed by atoms with E-state index in [9.17, 15) is 9.59 Å². The number of hydrogen-bond donors (Lipinski definition) is 2. The summed E-state index contributed by atoms with van der Waals surface area (Å²) in [5, 5.41) is 16.7. The van der Waals surface area contributed by atoms with Gasteiger partial charge in [0.2, 0.25) is 0 Å². The average molecular weight is 226 g/mol. The van der Waals surface area contributed by atoms with Crippen LogP contribution in [0.4, 0.5) is 0 Å². The van der Waals surface area contributed by atoms with Crippen LogP contribution in [0, 0.1) is 0 Å². The molecule has 0 heterocycles. The van der Waals surface area contributed by atoms with Gasteiger partial charge in [-0.1, -0.05) is 24.3 Å². The summed E-state index contributed by atoms with van der Waals surface area (Å²) in [7, 11) is 0. The zero-order valence-corrected chi connectivity index (χ0v) is 9.26. The largest absolute Gasteiger partial charge is 0.481 e. The Morgan fingerprint density at radius 1 is 0.688 bits per heavy atom. The molecule has 0 rings (SSSR count). The Hall–Kier alpha value is -1.58. The number of rotatable bonds is 9. The number of unbranched alkanes of at least 4 members (excludes halogenated alkanes) is 1. The molecule has 16 heavy (non-hydrogen) atoms. The highest BCUT2D eigenvalue weighted by Gasteiger charge is 1.92. The van der Waals surface area contributed by atoms with Crippen LogP contribution in [0.1, 0.15) is 38.5 Å². The maximum Gasteiger partial charge on any atom is 0.303 e. The Bertz CT molecular complexity index is 238. The zero-order valence-electron chi connectivity index (χ0n) is 9.26. The Labute approximate surface area is 95.3 Å². The van der Waals surface area contributed by atoms with Gasteiger partial charge in [-0.15, -0.1) is 0 Å². The van der Waals surface area contributed by atoms with Gasteiger partial charge in [0.05, 0.1) is 0 Å². The van der Waals surface area contributed by atoms with Gasteiger partial charge in [0.15, 0.2) is 0 Å². The molecule has 0 saturated carbocycles. The van der Waals surface area contributed by atoms with Crippen LogP contribution < -0.4 is 0 Å². The molecule has 2 N–H and O–H groups in total. The highest BCUT2D eigenvalue weighted by molar-refractivity contribution is 5.67. The Kier molecular flexibility index (Phi) is 8.97. The third kappa shape index (κ3) is 12.4. The fraction of sp³-hybridized carbons (Fsp3) is 0.500. The van der Waals surface area contributed by atoms with Crippen molar-refractivity contribution in [3.05, 3.63) is 24.3 Å². The topological polar surface area (TPSA) is 74.6 Å². The zero-order chi connectivity index (χ0) is 12.2. The lowest BCUT2D eigenvalue weighted by Crippen LogP contribution is -1.91. The minimum absolute atomic E-state index is 0.172. The van der Waals surface area contributed by atoms with Crippen LogP contribution in [0.3, 0.4) is 0 Å². The van der Waals surface area contributed by atoms with E-state index >= 15 is 0 Å². The molecule has 0 radical (unpaired) electrons. The van der Waals surface area contributed by atoms with Crippen molar-refractivity contribution in [2.45, 2.75) is 38.5 Å². The van der Waals surface area contributed by atoms with Gasteiger partial charge in [-0.3, -0.25) is 9.59 Å². The first-order valence-corrected chi connectivity index (χ1v) is 5.36. The maximum atomic E-state index is 10.2. The van der Waals surface area contributed by atoms with Crippen LogP contribution in [0.15, 0.2) is 24.3 Å². The first-order valence-electron chi connectivity index (χ1n) is 5.36. The van der Waals surface area contributed by atoms with E-state index in [1.165, 1.54) is 0 Å². The molecule has 0 amide bonds. The summed E-state index contributed by atoms with van der Waals surface area (Å²) < 4.78 is 0. The maximum absolute atomic E-state index is 10.2. The van der Waals surface area contributed by atoms with Gasteiger partial charge in [0.25, 0.3) is 0 Å². The van der Waals surface area contributed by atoms with Gasteiger partial charge < -0.3 is 10.2 Å². The van der Waals surface area contributed by atoms with Crippen molar-refractivity contribution in [1.82, 2.24) is 0 Å². The van der Waals surface area contributed by atoms with Crippen molar-refractivity contribution < 1.29 is 19.8 Å². The lowest BCUT2D eigenvalue weighted by atomic mass is 10.2. The highest BCUT2D eigenvalue weighted by atomic mass is 16.4. The first kappa shape index (κ1) is 14.4. The molecule has 0 aromatic rings. The lowest BCUT2D eigenvalue weighted by molar-refractivity contribution is -0.137. The van der Waals surface area contributed by atoms with Crippen molar-refractivity contribution >= 4 is 11.9 Å². The molecule has 0 saturated heterocycles. The van der Waals surface area contributed by atoms with Gasteiger partial charge in [0.1, 0.15) is 0 Å². The van der Waals surface area contributed by atoms with Crippen molar-refractivity contribution in [3.8, 4) is 0 Å². The number of hydrogen-bond acceptors (Lipinski definition) is 2. The molecular formula is C12H18O4. The molecule has 0 aliphatic carbocycles. The average Bonchev–Trinajstić information content (AvgIpc) is 2.20. The van der Waals surface area contributed by atoms with E-state index in [0.29, 0.717) is 12.8 Å². The van der Waals surface area contributed by atoms with Crippen LogP contribution in [-0.4, -0.2) is 22.2 Å². The van der Waals surface area contributed by atoms with Crippen molar-refractivity contribution in [1.29, 1.82) is 0 Å². The smallest absolute Gasteiger partial charge is 0.303 e. The molecule has 4 heteroatoms. The standard InChI is InChI=1S/C12H18O4/c13-11(14)9-7-5-3-1-2-4-6-8-10-12(15)16/h3-6H,1-2,7-10H2,(H,13,14)(H,15,16). The molecule has 0 unspecified atom stereocenters. The Balaban J connectivity index is 3.31. The summed E-state index contributed by atoms with van der Waals surface area (Å²) in [5.74, 6) is -1.56. The fourth-order valence-electron chi connectivity index (χ4n) is 1.08. The van der Waals surface area contributed by atoms with Gasteiger partial charge in [-0.2, -0.15) is 0 Å². The Morgan fingerprint density at radius 3 is 1.31 bits per heavy atom. The molecule has 0 spiro atoms. The van der Waals surface area contributed by atoms with Crippen molar-refractivity contribution in [3.63, 3.8) is 0 Å². The molecule has 0 aliphatic heterocycles. The molecule has 0 aromatic carbocycles. The van der Waals surface area contributed by atoms with E-state index in [1.54, 1.807) is 0 Å². The number of carbonyl (C=O) groups is 2. The third-order valence-electron chi connectivity index (χ3n) is 1.88. The van der Waals surface area contributed by atoms with Gasteiger partial charge >= 0.3 is 11.9 Å². The van der Waals surface area contributed by atoms with Crippen LogP contribution in [0.2, 0.25) is 0 Å². The van der Waals surface area contributed by atoms with Crippen LogP contribution in [0.25, 0.3) is 0 Å². The van der Waals surface area contributed by atoms with Gasteiger partial charge in [-0.05, 0) is 25.7 Å². The summed E-state index contributed by atoms with van der Waals surface area (Å²) >= 11 is 0. The SMILES string of the molecule is O=C(O)CCC=CCCC=CCCC(=O)O. The van der Waals surface area contributed by atoms with E-state index in [-0.39, 0.29) is 12.8 Å². The summed E-state index contributed by atoms with van der Waals surface area (Å²) in [6.07, 6.45) is 10.8. The number of carboxylic acid groups (broad SMARTS) is 2. The third-order valence-corrected chi connectivity index (χ3v) is 1.88. The predicted molar refractivity (Wildman–Crippen MR) is 61.3 cm³/mol. The summed E-state index contributed by atoms with van der Waals surface area (Å²) in [6.45, 7) is 0. The molecule has 4 nitrogen and oxygen atoms in total. The van der Waals surface area contributed by atoms with Crippen LogP contribution >= 0.6 is 0 Å². The highest BCUT2D eigenvalue weighted by Crippen LogP contribution is 1.98. The lowest BCUT2D eigenvalue weighted by Gasteiger charge is -1.89. The monoisotopic (exact) mass is 226 g/mol. The number of aliphatic carboxylic acids is 2. The minimum atomic E-state index is -0.779. The van der Waals surface area contributed by atoms with Gasteiger partial charge in [-0.25, -0.2) is 0 Å². The Morgan fingerprint density at radius 2 is 1.00 bits per heavy atom. The molecule has 0 aromatic heterocycles. The summed E-state index contributed by atoms with van der Waals surface area (Å²) in [5.41, 5.74) is 0. The fourth-order valence-corrected chi connectivity index (χ4v) is 1.08. The van der Waals surface area contributed by atoms with Gasteiger partial charge in [0, 0.05) is 12.8 Å². The molecule has 0 fully saturated rings. The van der Waals surface area contributed by atoms with Crippen molar-refractivity contribution in [2.75, 3.05) is 0 Å². The second-order valence-electron chi connectivity index (χ2n) is 3.38. The quantitative estimate of drug-likeness (QED) is 0.468. The molecule has 0 aliphatic rings. The van der Waals surface area contributed by atoms with Crippen LogP contribution in [0.5, 0.6) is 0 Å². The molecule has 0 atom stereocenters. The summed E-state index contributed by atoms with van der Waals surface area (Å²) in [4.78, 5) is 20.3. The summed E-state index contributed by atoms with van der Waals surface area (Å²) in [6, 6.07) is 0. The second-order valence-corrected chi connectivity index (χ2v) is 3.38.